The minimum atomic E-state index is -0.489. The lowest BCUT2D eigenvalue weighted by atomic mass is 10.2. The van der Waals surface area contributed by atoms with Crippen LogP contribution in [0.25, 0.3) is 5.78 Å². The van der Waals surface area contributed by atoms with E-state index < -0.39 is 6.10 Å². The Bertz CT molecular complexity index is 648. The number of carbonyl (C=O) groups is 1. The van der Waals surface area contributed by atoms with Gasteiger partial charge in [0.05, 0.1) is 12.7 Å². The SMILES string of the molecule is CCOCC(O)CN1CCN(C(=O)c2cn3cccnc3n2)CC1. The fraction of sp³-hybridized carbons (Fsp3) is 0.562. The van der Waals surface area contributed by atoms with E-state index in [9.17, 15) is 9.90 Å². The van der Waals surface area contributed by atoms with Crippen molar-refractivity contribution in [1.29, 1.82) is 0 Å². The summed E-state index contributed by atoms with van der Waals surface area (Å²) in [5, 5.41) is 9.90. The number of ether oxygens (including phenoxy) is 1. The van der Waals surface area contributed by atoms with Crippen LogP contribution in [0.15, 0.2) is 24.7 Å². The van der Waals surface area contributed by atoms with Gasteiger partial charge in [0.2, 0.25) is 5.78 Å². The fourth-order valence-corrected chi connectivity index (χ4v) is 2.83. The van der Waals surface area contributed by atoms with Crippen LogP contribution < -0.4 is 0 Å². The molecule has 1 amide bonds. The van der Waals surface area contributed by atoms with Crippen LogP contribution in [0, 0.1) is 0 Å². The summed E-state index contributed by atoms with van der Waals surface area (Å²) in [6.45, 7) is 6.16. The molecule has 0 aromatic carbocycles. The molecule has 1 unspecified atom stereocenters. The van der Waals surface area contributed by atoms with Crippen molar-refractivity contribution in [3.05, 3.63) is 30.4 Å². The molecule has 0 bridgehead atoms. The highest BCUT2D eigenvalue weighted by molar-refractivity contribution is 5.92. The molecule has 1 N–H and O–H groups in total. The Morgan fingerprint density at radius 2 is 2.17 bits per heavy atom. The van der Waals surface area contributed by atoms with Crippen LogP contribution in [0.1, 0.15) is 17.4 Å². The van der Waals surface area contributed by atoms with Gasteiger partial charge in [-0.1, -0.05) is 0 Å². The smallest absolute Gasteiger partial charge is 0.274 e. The number of rotatable bonds is 6. The number of imidazole rings is 1. The highest BCUT2D eigenvalue weighted by atomic mass is 16.5. The maximum atomic E-state index is 12.6. The summed E-state index contributed by atoms with van der Waals surface area (Å²) in [5.41, 5.74) is 0.415. The van der Waals surface area contributed by atoms with Gasteiger partial charge in [-0.3, -0.25) is 14.1 Å². The molecule has 0 spiro atoms. The Morgan fingerprint density at radius 3 is 2.88 bits per heavy atom. The Kier molecular flexibility index (Phi) is 5.39. The quantitative estimate of drug-likeness (QED) is 0.794. The summed E-state index contributed by atoms with van der Waals surface area (Å²) in [6, 6.07) is 1.80. The Labute approximate surface area is 140 Å². The van der Waals surface area contributed by atoms with Gasteiger partial charge >= 0.3 is 0 Å². The van der Waals surface area contributed by atoms with E-state index in [1.807, 2.05) is 13.1 Å². The number of aromatic nitrogens is 3. The molecule has 1 atom stereocenters. The van der Waals surface area contributed by atoms with E-state index in [0.29, 0.717) is 44.3 Å². The topological polar surface area (TPSA) is 83.2 Å². The van der Waals surface area contributed by atoms with Gasteiger partial charge in [-0.05, 0) is 13.0 Å². The van der Waals surface area contributed by atoms with Crippen LogP contribution in [0.2, 0.25) is 0 Å². The van der Waals surface area contributed by atoms with Gasteiger partial charge < -0.3 is 14.7 Å². The molecule has 1 aliphatic rings. The largest absolute Gasteiger partial charge is 0.389 e. The first kappa shape index (κ1) is 16.8. The summed E-state index contributed by atoms with van der Waals surface area (Å²) in [7, 11) is 0. The fourth-order valence-electron chi connectivity index (χ4n) is 2.83. The number of β-amino-alcohol motifs (C(OH)–C–C–N with tert-alkyl or cyclic N) is 1. The van der Waals surface area contributed by atoms with E-state index in [4.69, 9.17) is 4.74 Å². The molecule has 3 rings (SSSR count). The maximum Gasteiger partial charge on any atom is 0.274 e. The molecule has 3 heterocycles. The van der Waals surface area contributed by atoms with E-state index >= 15 is 0 Å². The normalized spacial score (nSPS) is 17.3. The van der Waals surface area contributed by atoms with E-state index in [2.05, 4.69) is 14.9 Å². The Morgan fingerprint density at radius 1 is 1.38 bits per heavy atom. The van der Waals surface area contributed by atoms with E-state index in [-0.39, 0.29) is 5.91 Å². The predicted octanol–water partition coefficient (Wildman–Crippen LogP) is -0.115. The molecule has 8 heteroatoms. The molecule has 2 aromatic heterocycles. The van der Waals surface area contributed by atoms with Gasteiger partial charge in [-0.25, -0.2) is 9.97 Å². The molecule has 0 radical (unpaired) electrons. The molecule has 1 aliphatic heterocycles. The zero-order chi connectivity index (χ0) is 16.9. The number of piperazine rings is 1. The Hall–Kier alpha value is -2.03. The van der Waals surface area contributed by atoms with Crippen molar-refractivity contribution in [3.63, 3.8) is 0 Å². The number of carbonyl (C=O) groups excluding carboxylic acids is 1. The van der Waals surface area contributed by atoms with Crippen molar-refractivity contribution in [2.45, 2.75) is 13.0 Å². The van der Waals surface area contributed by atoms with Gasteiger partial charge in [0.25, 0.3) is 5.91 Å². The maximum absolute atomic E-state index is 12.6. The second-order valence-corrected chi connectivity index (χ2v) is 5.86. The molecule has 0 saturated carbocycles. The highest BCUT2D eigenvalue weighted by Crippen LogP contribution is 2.09. The third-order valence-corrected chi connectivity index (χ3v) is 4.10. The monoisotopic (exact) mass is 333 g/mol. The Balaban J connectivity index is 1.53. The minimum absolute atomic E-state index is 0.0741. The number of hydrogen-bond donors (Lipinski definition) is 1. The minimum Gasteiger partial charge on any atom is -0.389 e. The average Bonchev–Trinajstić information content (AvgIpc) is 3.04. The summed E-state index contributed by atoms with van der Waals surface area (Å²) in [4.78, 5) is 24.9. The third kappa shape index (κ3) is 3.89. The molecule has 0 aliphatic carbocycles. The highest BCUT2D eigenvalue weighted by Gasteiger charge is 2.25. The van der Waals surface area contributed by atoms with Crippen molar-refractivity contribution in [2.75, 3.05) is 45.9 Å². The van der Waals surface area contributed by atoms with Gasteiger partial charge in [-0.15, -0.1) is 0 Å². The first-order valence-electron chi connectivity index (χ1n) is 8.24. The predicted molar refractivity (Wildman–Crippen MR) is 87.8 cm³/mol. The lowest BCUT2D eigenvalue weighted by molar-refractivity contribution is 0.0110. The first-order valence-corrected chi connectivity index (χ1v) is 8.24. The van der Waals surface area contributed by atoms with Crippen molar-refractivity contribution >= 4 is 11.7 Å². The van der Waals surface area contributed by atoms with Crippen molar-refractivity contribution in [2.24, 2.45) is 0 Å². The lowest BCUT2D eigenvalue weighted by Crippen LogP contribution is -2.50. The summed E-state index contributed by atoms with van der Waals surface area (Å²) in [6.07, 6.45) is 4.70. The summed E-state index contributed by atoms with van der Waals surface area (Å²) < 4.78 is 6.97. The van der Waals surface area contributed by atoms with Gasteiger partial charge in [0, 0.05) is 57.9 Å². The number of aliphatic hydroxyl groups excluding tert-OH is 1. The molecular weight excluding hydrogens is 310 g/mol. The summed E-state index contributed by atoms with van der Waals surface area (Å²) >= 11 is 0. The van der Waals surface area contributed by atoms with Crippen LogP contribution in [0.3, 0.4) is 0 Å². The zero-order valence-corrected chi connectivity index (χ0v) is 13.8. The molecule has 8 nitrogen and oxygen atoms in total. The molecule has 24 heavy (non-hydrogen) atoms. The van der Waals surface area contributed by atoms with Gasteiger partial charge in [-0.2, -0.15) is 0 Å². The van der Waals surface area contributed by atoms with E-state index in [1.165, 1.54) is 0 Å². The summed E-state index contributed by atoms with van der Waals surface area (Å²) in [5.74, 6) is 0.452. The van der Waals surface area contributed by atoms with Crippen LogP contribution in [-0.2, 0) is 4.74 Å². The first-order chi connectivity index (χ1) is 11.7. The molecule has 130 valence electrons. The van der Waals surface area contributed by atoms with E-state index in [1.54, 1.807) is 27.8 Å². The molecule has 2 aromatic rings. The zero-order valence-electron chi connectivity index (χ0n) is 13.8. The second kappa shape index (κ2) is 7.69. The van der Waals surface area contributed by atoms with Crippen LogP contribution in [-0.4, -0.2) is 87.2 Å². The van der Waals surface area contributed by atoms with Crippen LogP contribution in [0.4, 0.5) is 0 Å². The number of fused-ring (bicyclic) bond motifs is 1. The number of nitrogens with zero attached hydrogens (tertiary/aromatic N) is 5. The van der Waals surface area contributed by atoms with Crippen LogP contribution >= 0.6 is 0 Å². The number of amides is 1. The van der Waals surface area contributed by atoms with Gasteiger partial charge in [0.1, 0.15) is 5.69 Å². The van der Waals surface area contributed by atoms with E-state index in [0.717, 1.165) is 13.1 Å². The van der Waals surface area contributed by atoms with Gasteiger partial charge in [0.15, 0.2) is 0 Å². The van der Waals surface area contributed by atoms with Crippen molar-refractivity contribution in [1.82, 2.24) is 24.2 Å². The van der Waals surface area contributed by atoms with Crippen molar-refractivity contribution in [3.8, 4) is 0 Å². The standard InChI is InChI=1S/C16H23N5O3/c1-2-24-12-13(22)10-19-6-8-20(9-7-19)15(23)14-11-21-5-3-4-17-16(21)18-14/h3-5,11,13,22H,2,6-10,12H2,1H3. The second-order valence-electron chi connectivity index (χ2n) is 5.86. The molecule has 1 fully saturated rings. The average molecular weight is 333 g/mol. The van der Waals surface area contributed by atoms with Crippen LogP contribution in [0.5, 0.6) is 0 Å². The molecule has 1 saturated heterocycles. The number of hydrogen-bond acceptors (Lipinski definition) is 6. The molecular formula is C16H23N5O3. The third-order valence-electron chi connectivity index (χ3n) is 4.10. The lowest BCUT2D eigenvalue weighted by Gasteiger charge is -2.35. The number of aliphatic hydroxyl groups is 1. The van der Waals surface area contributed by atoms with Crippen molar-refractivity contribution < 1.29 is 14.6 Å².